The summed E-state index contributed by atoms with van der Waals surface area (Å²) >= 11 is 0. The Labute approximate surface area is 105 Å². The first-order valence-electron chi connectivity index (χ1n) is 6.55. The molecule has 0 bridgehead atoms. The Morgan fingerprint density at radius 2 is 1.89 bits per heavy atom. The highest BCUT2D eigenvalue weighted by atomic mass is 15.3. The summed E-state index contributed by atoms with van der Waals surface area (Å²) in [5.41, 5.74) is 1.71. The number of rotatable bonds is 2. The molecule has 0 amide bonds. The number of H-pyrrole nitrogens is 1. The molecule has 2 fully saturated rings. The van der Waals surface area contributed by atoms with Crippen molar-refractivity contribution in [3.63, 3.8) is 0 Å². The molecule has 6 nitrogen and oxygen atoms in total. The van der Waals surface area contributed by atoms with Crippen molar-refractivity contribution in [3.8, 4) is 0 Å². The van der Waals surface area contributed by atoms with Crippen LogP contribution in [0.25, 0.3) is 11.2 Å². The van der Waals surface area contributed by atoms with E-state index in [1.807, 2.05) is 0 Å². The van der Waals surface area contributed by atoms with E-state index in [2.05, 4.69) is 29.7 Å². The van der Waals surface area contributed by atoms with Crippen molar-refractivity contribution >= 4 is 17.0 Å². The highest BCUT2D eigenvalue weighted by Crippen LogP contribution is 2.29. The zero-order chi connectivity index (χ0) is 11.9. The Hall–Kier alpha value is -1.69. The topological polar surface area (TPSA) is 60.9 Å². The quantitative estimate of drug-likeness (QED) is 0.840. The third kappa shape index (κ3) is 1.64. The summed E-state index contributed by atoms with van der Waals surface area (Å²) in [6.45, 7) is 4.37. The van der Waals surface area contributed by atoms with Crippen LogP contribution in [0.4, 0.5) is 5.82 Å². The SMILES string of the molecule is c1nc(N2CCN(C3CC3)CC2)c2[nH]cnc2n1. The van der Waals surface area contributed by atoms with Crippen molar-refractivity contribution in [1.29, 1.82) is 0 Å². The number of hydrogen-bond donors (Lipinski definition) is 1. The molecule has 1 aliphatic heterocycles. The number of fused-ring (bicyclic) bond motifs is 1. The van der Waals surface area contributed by atoms with Crippen LogP contribution in [0.5, 0.6) is 0 Å². The predicted octanol–water partition coefficient (Wildman–Crippen LogP) is 0.637. The number of aromatic amines is 1. The average Bonchev–Trinajstić information content (AvgIpc) is 3.16. The molecule has 2 aromatic heterocycles. The lowest BCUT2D eigenvalue weighted by molar-refractivity contribution is 0.248. The van der Waals surface area contributed by atoms with Crippen LogP contribution in [-0.2, 0) is 0 Å². The molecule has 0 spiro atoms. The molecule has 2 aromatic rings. The lowest BCUT2D eigenvalue weighted by Crippen LogP contribution is -2.47. The number of hydrogen-bond acceptors (Lipinski definition) is 5. The van der Waals surface area contributed by atoms with E-state index in [1.165, 1.54) is 12.8 Å². The molecule has 18 heavy (non-hydrogen) atoms. The van der Waals surface area contributed by atoms with E-state index >= 15 is 0 Å². The summed E-state index contributed by atoms with van der Waals surface area (Å²) in [4.78, 5) is 20.8. The number of anilines is 1. The summed E-state index contributed by atoms with van der Waals surface area (Å²) in [6.07, 6.45) is 6.06. The van der Waals surface area contributed by atoms with Gasteiger partial charge in [-0.15, -0.1) is 0 Å². The summed E-state index contributed by atoms with van der Waals surface area (Å²) in [7, 11) is 0. The van der Waals surface area contributed by atoms with Crippen LogP contribution in [0, 0.1) is 0 Å². The van der Waals surface area contributed by atoms with Gasteiger partial charge in [0.05, 0.1) is 6.33 Å². The van der Waals surface area contributed by atoms with Gasteiger partial charge < -0.3 is 9.88 Å². The van der Waals surface area contributed by atoms with Crippen molar-refractivity contribution < 1.29 is 0 Å². The van der Waals surface area contributed by atoms with Gasteiger partial charge in [0.2, 0.25) is 0 Å². The fourth-order valence-corrected chi connectivity index (χ4v) is 2.73. The molecule has 1 saturated carbocycles. The van der Waals surface area contributed by atoms with Gasteiger partial charge in [-0.05, 0) is 12.8 Å². The minimum atomic E-state index is 0.754. The summed E-state index contributed by atoms with van der Waals surface area (Å²) < 4.78 is 0. The molecule has 1 N–H and O–H groups in total. The molecule has 3 heterocycles. The second kappa shape index (κ2) is 3.91. The Bertz CT molecular complexity index is 552. The highest BCUT2D eigenvalue weighted by molar-refractivity contribution is 5.82. The molecule has 1 aliphatic carbocycles. The molecule has 1 saturated heterocycles. The van der Waals surface area contributed by atoms with Crippen LogP contribution in [0.1, 0.15) is 12.8 Å². The van der Waals surface area contributed by atoms with E-state index < -0.39 is 0 Å². The number of aromatic nitrogens is 4. The Balaban J connectivity index is 1.58. The molecule has 2 aliphatic rings. The van der Waals surface area contributed by atoms with E-state index in [0.29, 0.717) is 0 Å². The van der Waals surface area contributed by atoms with Gasteiger partial charge >= 0.3 is 0 Å². The first kappa shape index (κ1) is 10.3. The molecule has 0 aromatic carbocycles. The molecule has 0 atom stereocenters. The second-order valence-electron chi connectivity index (χ2n) is 5.05. The highest BCUT2D eigenvalue weighted by Gasteiger charge is 2.31. The monoisotopic (exact) mass is 244 g/mol. The van der Waals surface area contributed by atoms with Gasteiger partial charge in [-0.1, -0.05) is 0 Å². The normalized spacial score (nSPS) is 21.7. The third-order valence-electron chi connectivity index (χ3n) is 3.88. The first-order chi connectivity index (χ1) is 8.92. The largest absolute Gasteiger partial charge is 0.352 e. The molecule has 0 radical (unpaired) electrons. The van der Waals surface area contributed by atoms with Crippen LogP contribution < -0.4 is 4.90 Å². The van der Waals surface area contributed by atoms with Gasteiger partial charge in [0, 0.05) is 32.2 Å². The van der Waals surface area contributed by atoms with Gasteiger partial charge in [-0.2, -0.15) is 0 Å². The second-order valence-corrected chi connectivity index (χ2v) is 5.05. The van der Waals surface area contributed by atoms with Crippen molar-refractivity contribution in [2.75, 3.05) is 31.1 Å². The minimum Gasteiger partial charge on any atom is -0.352 e. The predicted molar refractivity (Wildman–Crippen MR) is 68.5 cm³/mol. The van der Waals surface area contributed by atoms with Crippen molar-refractivity contribution in [1.82, 2.24) is 24.8 Å². The molecule has 0 unspecified atom stereocenters. The number of piperazine rings is 1. The lowest BCUT2D eigenvalue weighted by Gasteiger charge is -2.35. The van der Waals surface area contributed by atoms with E-state index in [1.54, 1.807) is 12.7 Å². The summed E-state index contributed by atoms with van der Waals surface area (Å²) in [5.74, 6) is 0.993. The molecule has 94 valence electrons. The van der Waals surface area contributed by atoms with Gasteiger partial charge in [0.1, 0.15) is 11.8 Å². The van der Waals surface area contributed by atoms with Crippen LogP contribution in [0.15, 0.2) is 12.7 Å². The van der Waals surface area contributed by atoms with E-state index in [0.717, 1.165) is 49.2 Å². The van der Waals surface area contributed by atoms with Gasteiger partial charge in [0.15, 0.2) is 11.5 Å². The Morgan fingerprint density at radius 1 is 1.06 bits per heavy atom. The van der Waals surface area contributed by atoms with E-state index in [-0.39, 0.29) is 0 Å². The fourth-order valence-electron chi connectivity index (χ4n) is 2.73. The van der Waals surface area contributed by atoms with Crippen LogP contribution >= 0.6 is 0 Å². The molecule has 4 rings (SSSR count). The zero-order valence-corrected chi connectivity index (χ0v) is 10.2. The smallest absolute Gasteiger partial charge is 0.182 e. The van der Waals surface area contributed by atoms with Crippen LogP contribution in [-0.4, -0.2) is 57.1 Å². The maximum absolute atomic E-state index is 4.41. The molecular weight excluding hydrogens is 228 g/mol. The molecule has 6 heteroatoms. The number of imidazole rings is 1. The Kier molecular flexibility index (Phi) is 2.23. The zero-order valence-electron chi connectivity index (χ0n) is 10.2. The average molecular weight is 244 g/mol. The van der Waals surface area contributed by atoms with E-state index in [9.17, 15) is 0 Å². The van der Waals surface area contributed by atoms with E-state index in [4.69, 9.17) is 0 Å². The molecular formula is C12H16N6. The Morgan fingerprint density at radius 3 is 2.67 bits per heavy atom. The van der Waals surface area contributed by atoms with Gasteiger partial charge in [0.25, 0.3) is 0 Å². The number of nitrogens with zero attached hydrogens (tertiary/aromatic N) is 5. The maximum Gasteiger partial charge on any atom is 0.182 e. The van der Waals surface area contributed by atoms with Crippen LogP contribution in [0.3, 0.4) is 0 Å². The number of nitrogens with one attached hydrogen (secondary N) is 1. The van der Waals surface area contributed by atoms with Crippen molar-refractivity contribution in [2.24, 2.45) is 0 Å². The fraction of sp³-hybridized carbons (Fsp3) is 0.583. The van der Waals surface area contributed by atoms with Gasteiger partial charge in [-0.25, -0.2) is 15.0 Å². The summed E-state index contributed by atoms with van der Waals surface area (Å²) in [6, 6.07) is 0.865. The van der Waals surface area contributed by atoms with Crippen molar-refractivity contribution in [3.05, 3.63) is 12.7 Å². The van der Waals surface area contributed by atoms with Crippen LogP contribution in [0.2, 0.25) is 0 Å². The summed E-state index contributed by atoms with van der Waals surface area (Å²) in [5, 5.41) is 0. The minimum absolute atomic E-state index is 0.754. The third-order valence-corrected chi connectivity index (χ3v) is 3.88. The van der Waals surface area contributed by atoms with Gasteiger partial charge in [-0.3, -0.25) is 4.90 Å². The standard InChI is InChI=1S/C12H16N6/c1-2-9(1)17-3-5-18(6-4-17)12-10-11(14-7-13-10)15-8-16-12/h7-9H,1-6H2,(H,13,14,15,16). The maximum atomic E-state index is 4.41. The lowest BCUT2D eigenvalue weighted by atomic mass is 10.3. The van der Waals surface area contributed by atoms with Crippen molar-refractivity contribution in [2.45, 2.75) is 18.9 Å². The first-order valence-corrected chi connectivity index (χ1v) is 6.55.